The van der Waals surface area contributed by atoms with Gasteiger partial charge in [-0.1, -0.05) is 13.8 Å². The molecule has 1 unspecified atom stereocenters. The van der Waals surface area contributed by atoms with Gasteiger partial charge in [-0.3, -0.25) is 4.79 Å². The lowest BCUT2D eigenvalue weighted by Crippen LogP contribution is -2.52. The molecule has 2 aliphatic rings. The minimum absolute atomic E-state index is 0.0451. The molecule has 4 heteroatoms. The molecule has 0 aromatic heterocycles. The maximum atomic E-state index is 12.4. The van der Waals surface area contributed by atoms with Crippen molar-refractivity contribution in [3.8, 4) is 0 Å². The zero-order valence-electron chi connectivity index (χ0n) is 11.9. The molecule has 2 rings (SSSR count). The van der Waals surface area contributed by atoms with Gasteiger partial charge in [-0.15, -0.1) is 0 Å². The van der Waals surface area contributed by atoms with Gasteiger partial charge in [-0.2, -0.15) is 11.8 Å². The van der Waals surface area contributed by atoms with Crippen LogP contribution in [0.15, 0.2) is 0 Å². The van der Waals surface area contributed by atoms with Crippen LogP contribution in [0.3, 0.4) is 0 Å². The van der Waals surface area contributed by atoms with Gasteiger partial charge >= 0.3 is 0 Å². The summed E-state index contributed by atoms with van der Waals surface area (Å²) in [5.41, 5.74) is 0.472. The predicted molar refractivity (Wildman–Crippen MR) is 77.9 cm³/mol. The molecular weight excluding hydrogens is 244 g/mol. The second-order valence-electron chi connectivity index (χ2n) is 6.43. The molecule has 1 N–H and O–H groups in total. The van der Waals surface area contributed by atoms with E-state index in [9.17, 15) is 4.79 Å². The van der Waals surface area contributed by atoms with Crippen LogP contribution in [0.1, 0.15) is 39.5 Å². The molecule has 1 atom stereocenters. The number of nitrogens with one attached hydrogen (secondary N) is 1. The summed E-state index contributed by atoms with van der Waals surface area (Å²) in [6, 6.07) is 0.503. The van der Waals surface area contributed by atoms with Gasteiger partial charge in [0.25, 0.3) is 0 Å². The van der Waals surface area contributed by atoms with Gasteiger partial charge in [-0.05, 0) is 31.1 Å². The van der Waals surface area contributed by atoms with Gasteiger partial charge in [0.2, 0.25) is 5.91 Å². The number of hydrogen-bond donors (Lipinski definition) is 1. The molecule has 0 aromatic rings. The minimum Gasteiger partial charge on any atom is -0.341 e. The average Bonchev–Trinajstić information content (AvgIpc) is 2.38. The summed E-state index contributed by atoms with van der Waals surface area (Å²) < 4.78 is 0. The number of amides is 1. The summed E-state index contributed by atoms with van der Waals surface area (Å²) in [7, 11) is 1.99. The second kappa shape index (κ2) is 5.83. The molecular formula is C14H26N2OS. The quantitative estimate of drug-likeness (QED) is 0.834. The smallest absolute Gasteiger partial charge is 0.240 e. The molecule has 3 nitrogen and oxygen atoms in total. The number of nitrogens with zero attached hydrogens (tertiary/aromatic N) is 1. The van der Waals surface area contributed by atoms with E-state index in [1.807, 2.05) is 23.7 Å². The van der Waals surface area contributed by atoms with Gasteiger partial charge in [0.15, 0.2) is 0 Å². The van der Waals surface area contributed by atoms with Crippen molar-refractivity contribution in [1.82, 2.24) is 10.2 Å². The van der Waals surface area contributed by atoms with Crippen LogP contribution in [-0.2, 0) is 4.79 Å². The highest BCUT2D eigenvalue weighted by Gasteiger charge is 2.33. The Labute approximate surface area is 115 Å². The fraction of sp³-hybridized carbons (Fsp3) is 0.929. The number of rotatable bonds is 2. The number of likely N-dealkylation sites (N-methyl/N-ethyl adjacent to an activating group) is 1. The lowest BCUT2D eigenvalue weighted by Gasteiger charge is -2.40. The highest BCUT2D eigenvalue weighted by atomic mass is 32.2. The van der Waals surface area contributed by atoms with Crippen molar-refractivity contribution in [2.24, 2.45) is 5.41 Å². The van der Waals surface area contributed by atoms with E-state index in [0.717, 1.165) is 30.9 Å². The topological polar surface area (TPSA) is 32.3 Å². The van der Waals surface area contributed by atoms with Crippen LogP contribution in [0.25, 0.3) is 0 Å². The lowest BCUT2D eigenvalue weighted by molar-refractivity contribution is -0.134. The molecule has 1 amide bonds. The number of carbonyl (C=O) groups is 1. The second-order valence-corrected chi connectivity index (χ2v) is 7.58. The van der Waals surface area contributed by atoms with Gasteiger partial charge in [0.1, 0.15) is 0 Å². The van der Waals surface area contributed by atoms with E-state index in [4.69, 9.17) is 0 Å². The van der Waals surface area contributed by atoms with E-state index in [1.165, 1.54) is 12.8 Å². The Morgan fingerprint density at radius 1 is 1.33 bits per heavy atom. The van der Waals surface area contributed by atoms with E-state index in [1.54, 1.807) is 0 Å². The zero-order chi connectivity index (χ0) is 13.2. The molecule has 104 valence electrons. The normalized spacial score (nSPS) is 28.9. The third-order valence-electron chi connectivity index (χ3n) is 4.42. The van der Waals surface area contributed by atoms with Crippen molar-refractivity contribution >= 4 is 17.7 Å². The summed E-state index contributed by atoms with van der Waals surface area (Å²) >= 11 is 1.89. The molecule has 0 radical (unpaired) electrons. The lowest BCUT2D eigenvalue weighted by atomic mass is 9.75. The van der Waals surface area contributed by atoms with Crippen molar-refractivity contribution in [2.75, 3.05) is 25.1 Å². The van der Waals surface area contributed by atoms with E-state index >= 15 is 0 Å². The number of carbonyl (C=O) groups excluding carboxylic acids is 1. The average molecular weight is 270 g/mol. The van der Waals surface area contributed by atoms with Crippen molar-refractivity contribution < 1.29 is 4.79 Å². The monoisotopic (exact) mass is 270 g/mol. The molecule has 1 aliphatic carbocycles. The molecule has 1 saturated carbocycles. The maximum absolute atomic E-state index is 12.4. The van der Waals surface area contributed by atoms with Crippen molar-refractivity contribution in [2.45, 2.75) is 51.6 Å². The van der Waals surface area contributed by atoms with E-state index < -0.39 is 0 Å². The van der Waals surface area contributed by atoms with Crippen LogP contribution in [0.4, 0.5) is 0 Å². The maximum Gasteiger partial charge on any atom is 0.240 e. The van der Waals surface area contributed by atoms with Crippen molar-refractivity contribution in [1.29, 1.82) is 0 Å². The number of thioether (sulfide) groups is 1. The first-order valence-electron chi connectivity index (χ1n) is 7.07. The SMILES string of the molecule is CN(C(=O)C1CSCCN1)C1CCC(C)(C)CC1. The fourth-order valence-corrected chi connectivity index (χ4v) is 3.85. The molecule has 1 saturated heterocycles. The Balaban J connectivity index is 1.87. The predicted octanol–water partition coefficient (Wildman–Crippen LogP) is 2.12. The third-order valence-corrected chi connectivity index (χ3v) is 5.49. The van der Waals surface area contributed by atoms with E-state index in [0.29, 0.717) is 17.4 Å². The first-order valence-corrected chi connectivity index (χ1v) is 8.23. The third kappa shape index (κ3) is 3.41. The zero-order valence-corrected chi connectivity index (χ0v) is 12.7. The molecule has 1 aliphatic heterocycles. The van der Waals surface area contributed by atoms with E-state index in [-0.39, 0.29) is 6.04 Å². The van der Waals surface area contributed by atoms with Gasteiger partial charge in [0.05, 0.1) is 6.04 Å². The van der Waals surface area contributed by atoms with Crippen LogP contribution < -0.4 is 5.32 Å². The molecule has 18 heavy (non-hydrogen) atoms. The summed E-state index contributed by atoms with van der Waals surface area (Å²) in [5, 5.41) is 3.34. The Morgan fingerprint density at radius 2 is 2.00 bits per heavy atom. The van der Waals surface area contributed by atoms with Crippen LogP contribution >= 0.6 is 11.8 Å². The first kappa shape index (κ1) is 14.2. The summed E-state index contributed by atoms with van der Waals surface area (Å²) in [6.45, 7) is 5.64. The molecule has 0 spiro atoms. The van der Waals surface area contributed by atoms with Crippen molar-refractivity contribution in [3.05, 3.63) is 0 Å². The molecule has 0 aromatic carbocycles. The molecule has 1 heterocycles. The standard InChI is InChI=1S/C14H26N2OS/c1-14(2)6-4-11(5-7-14)16(3)13(17)12-10-18-9-8-15-12/h11-12,15H,4-10H2,1-3H3. The van der Waals surface area contributed by atoms with Gasteiger partial charge in [0, 0.05) is 31.1 Å². The molecule has 2 fully saturated rings. The van der Waals surface area contributed by atoms with E-state index in [2.05, 4.69) is 19.2 Å². The highest BCUT2D eigenvalue weighted by molar-refractivity contribution is 7.99. The van der Waals surface area contributed by atoms with Crippen LogP contribution in [0.2, 0.25) is 0 Å². The summed E-state index contributed by atoms with van der Waals surface area (Å²) in [6.07, 6.45) is 4.80. The van der Waals surface area contributed by atoms with Gasteiger partial charge < -0.3 is 10.2 Å². The Kier molecular flexibility index (Phi) is 4.59. The first-order chi connectivity index (χ1) is 8.49. The summed E-state index contributed by atoms with van der Waals surface area (Å²) in [4.78, 5) is 14.4. The van der Waals surface area contributed by atoms with Crippen LogP contribution in [0, 0.1) is 5.41 Å². The Bertz CT molecular complexity index is 290. The van der Waals surface area contributed by atoms with Gasteiger partial charge in [-0.25, -0.2) is 0 Å². The van der Waals surface area contributed by atoms with Crippen LogP contribution in [0.5, 0.6) is 0 Å². The largest absolute Gasteiger partial charge is 0.341 e. The fourth-order valence-electron chi connectivity index (χ4n) is 2.92. The Morgan fingerprint density at radius 3 is 2.56 bits per heavy atom. The minimum atomic E-state index is 0.0451. The number of hydrogen-bond acceptors (Lipinski definition) is 3. The van der Waals surface area contributed by atoms with Crippen LogP contribution in [-0.4, -0.2) is 48.0 Å². The Hall–Kier alpha value is -0.220. The molecule has 0 bridgehead atoms. The summed E-state index contributed by atoms with van der Waals surface area (Å²) in [5.74, 6) is 2.36. The highest BCUT2D eigenvalue weighted by Crippen LogP contribution is 2.36. The van der Waals surface area contributed by atoms with Crippen molar-refractivity contribution in [3.63, 3.8) is 0 Å².